The molecule has 0 fully saturated rings. The van der Waals surface area contributed by atoms with E-state index in [1.165, 1.54) is 4.90 Å². The highest BCUT2D eigenvalue weighted by molar-refractivity contribution is 5.89. The maximum absolute atomic E-state index is 11.9. The van der Waals surface area contributed by atoms with Crippen LogP contribution in [-0.2, 0) is 4.79 Å². The molecule has 2 atom stereocenters. The molecule has 3 N–H and O–H groups in total. The van der Waals surface area contributed by atoms with Gasteiger partial charge in [0.2, 0.25) is 0 Å². The molecule has 116 valence electrons. The van der Waals surface area contributed by atoms with Gasteiger partial charge in [-0.1, -0.05) is 19.1 Å². The van der Waals surface area contributed by atoms with Crippen LogP contribution in [0.5, 0.6) is 0 Å². The van der Waals surface area contributed by atoms with Crippen molar-refractivity contribution in [1.82, 2.24) is 4.90 Å². The molecule has 1 aromatic carbocycles. The summed E-state index contributed by atoms with van der Waals surface area (Å²) in [5.41, 5.74) is 1.54. The van der Waals surface area contributed by atoms with Crippen LogP contribution in [0.25, 0.3) is 0 Å². The van der Waals surface area contributed by atoms with Gasteiger partial charge in [0.1, 0.15) is 0 Å². The summed E-state index contributed by atoms with van der Waals surface area (Å²) >= 11 is 0. The van der Waals surface area contributed by atoms with E-state index >= 15 is 0 Å². The average Bonchev–Trinajstić information content (AvgIpc) is 2.45. The second-order valence-electron chi connectivity index (χ2n) is 5.19. The fourth-order valence-corrected chi connectivity index (χ4v) is 1.81. The van der Waals surface area contributed by atoms with Crippen LogP contribution in [0.2, 0.25) is 0 Å². The van der Waals surface area contributed by atoms with Crippen molar-refractivity contribution in [3.05, 3.63) is 29.8 Å². The summed E-state index contributed by atoms with van der Waals surface area (Å²) in [7, 11) is 1.61. The Labute approximate surface area is 124 Å². The van der Waals surface area contributed by atoms with E-state index in [1.54, 1.807) is 38.2 Å². The Hall–Kier alpha value is -2.08. The topological polar surface area (TPSA) is 89.9 Å². The molecule has 6 heteroatoms. The molecule has 1 rings (SSSR count). The van der Waals surface area contributed by atoms with Crippen LogP contribution in [0.1, 0.15) is 31.7 Å². The standard InChI is InChI=1S/C15H22N2O4/c1-10(8-14(19)20)12-4-6-13(7-5-12)16-15(21)17(3)11(2)9-18/h4-7,10-11,18H,8-9H2,1-3H3,(H,16,21)(H,19,20). The molecular formula is C15H22N2O4. The van der Waals surface area contributed by atoms with E-state index < -0.39 is 5.97 Å². The molecule has 0 aromatic heterocycles. The molecule has 0 bridgehead atoms. The maximum Gasteiger partial charge on any atom is 0.321 e. The normalized spacial score (nSPS) is 13.3. The van der Waals surface area contributed by atoms with Gasteiger partial charge in [0.15, 0.2) is 0 Å². The molecule has 6 nitrogen and oxygen atoms in total. The predicted molar refractivity (Wildman–Crippen MR) is 80.4 cm³/mol. The SMILES string of the molecule is CC(CC(=O)O)c1ccc(NC(=O)N(C)C(C)CO)cc1. The molecule has 0 saturated heterocycles. The van der Waals surface area contributed by atoms with Gasteiger partial charge in [0.05, 0.1) is 19.1 Å². The quantitative estimate of drug-likeness (QED) is 0.749. The Bertz CT molecular complexity index is 487. The number of carboxylic acids is 1. The number of carboxylic acid groups (broad SMARTS) is 1. The fourth-order valence-electron chi connectivity index (χ4n) is 1.81. The first-order valence-electron chi connectivity index (χ1n) is 6.81. The maximum atomic E-state index is 11.9. The van der Waals surface area contributed by atoms with Gasteiger partial charge in [-0.05, 0) is 30.5 Å². The van der Waals surface area contributed by atoms with Gasteiger partial charge < -0.3 is 20.4 Å². The minimum Gasteiger partial charge on any atom is -0.481 e. The summed E-state index contributed by atoms with van der Waals surface area (Å²) < 4.78 is 0. The monoisotopic (exact) mass is 294 g/mol. The average molecular weight is 294 g/mol. The van der Waals surface area contributed by atoms with E-state index in [0.717, 1.165) is 5.56 Å². The summed E-state index contributed by atoms with van der Waals surface area (Å²) in [5.74, 6) is -0.913. The Balaban J connectivity index is 2.66. The Morgan fingerprint density at radius 1 is 1.24 bits per heavy atom. The lowest BCUT2D eigenvalue weighted by Gasteiger charge is -2.23. The van der Waals surface area contributed by atoms with Gasteiger partial charge in [-0.2, -0.15) is 0 Å². The van der Waals surface area contributed by atoms with E-state index in [1.807, 2.05) is 6.92 Å². The third kappa shape index (κ3) is 5.07. The Kier molecular flexibility index (Phi) is 6.17. The van der Waals surface area contributed by atoms with Crippen molar-refractivity contribution in [3.63, 3.8) is 0 Å². The number of carbonyl (C=O) groups excluding carboxylic acids is 1. The van der Waals surface area contributed by atoms with Crippen molar-refractivity contribution in [3.8, 4) is 0 Å². The highest BCUT2D eigenvalue weighted by Gasteiger charge is 2.15. The number of nitrogens with one attached hydrogen (secondary N) is 1. The summed E-state index contributed by atoms with van der Waals surface area (Å²) in [6.07, 6.45) is 0.0719. The van der Waals surface area contributed by atoms with Crippen molar-refractivity contribution in [2.24, 2.45) is 0 Å². The van der Waals surface area contributed by atoms with Gasteiger partial charge in [-0.15, -0.1) is 0 Å². The molecule has 0 radical (unpaired) electrons. The first-order chi connectivity index (χ1) is 9.85. The zero-order valence-electron chi connectivity index (χ0n) is 12.5. The number of benzene rings is 1. The van der Waals surface area contributed by atoms with Gasteiger partial charge in [-0.25, -0.2) is 4.79 Å². The molecule has 0 aliphatic rings. The number of hydrogen-bond donors (Lipinski definition) is 3. The van der Waals surface area contributed by atoms with E-state index in [4.69, 9.17) is 10.2 Å². The van der Waals surface area contributed by atoms with Gasteiger partial charge in [0, 0.05) is 12.7 Å². The van der Waals surface area contributed by atoms with Crippen LogP contribution in [0.15, 0.2) is 24.3 Å². The van der Waals surface area contributed by atoms with E-state index in [-0.39, 0.29) is 31.0 Å². The van der Waals surface area contributed by atoms with E-state index in [0.29, 0.717) is 5.69 Å². The second kappa shape index (κ2) is 7.64. The number of anilines is 1. The van der Waals surface area contributed by atoms with E-state index in [2.05, 4.69) is 5.32 Å². The summed E-state index contributed by atoms with van der Waals surface area (Å²) in [5, 5.41) is 20.5. The van der Waals surface area contributed by atoms with Crippen molar-refractivity contribution >= 4 is 17.7 Å². The van der Waals surface area contributed by atoms with Crippen molar-refractivity contribution < 1.29 is 19.8 Å². The minimum atomic E-state index is -0.834. The number of aliphatic carboxylic acids is 1. The zero-order chi connectivity index (χ0) is 16.0. The van der Waals surface area contributed by atoms with Crippen LogP contribution in [0, 0.1) is 0 Å². The van der Waals surface area contributed by atoms with Crippen LogP contribution in [0.4, 0.5) is 10.5 Å². The number of aliphatic hydroxyl groups excluding tert-OH is 1. The predicted octanol–water partition coefficient (Wildman–Crippen LogP) is 2.11. The van der Waals surface area contributed by atoms with Crippen molar-refractivity contribution in [2.45, 2.75) is 32.2 Å². The van der Waals surface area contributed by atoms with Gasteiger partial charge >= 0.3 is 12.0 Å². The highest BCUT2D eigenvalue weighted by Crippen LogP contribution is 2.21. The molecule has 0 spiro atoms. The summed E-state index contributed by atoms with van der Waals surface area (Å²) in [6.45, 7) is 3.49. The number of carbonyl (C=O) groups is 2. The van der Waals surface area contributed by atoms with Crippen molar-refractivity contribution in [1.29, 1.82) is 0 Å². The van der Waals surface area contributed by atoms with E-state index in [9.17, 15) is 9.59 Å². The van der Waals surface area contributed by atoms with Crippen LogP contribution in [0.3, 0.4) is 0 Å². The lowest BCUT2D eigenvalue weighted by Crippen LogP contribution is -2.40. The molecular weight excluding hydrogens is 272 g/mol. The van der Waals surface area contributed by atoms with Crippen molar-refractivity contribution in [2.75, 3.05) is 19.0 Å². The summed E-state index contributed by atoms with van der Waals surface area (Å²) in [4.78, 5) is 24.0. The molecule has 21 heavy (non-hydrogen) atoms. The third-order valence-corrected chi connectivity index (χ3v) is 3.46. The summed E-state index contributed by atoms with van der Waals surface area (Å²) in [6, 6.07) is 6.52. The number of urea groups is 1. The number of hydrogen-bond acceptors (Lipinski definition) is 3. The largest absolute Gasteiger partial charge is 0.481 e. The molecule has 0 aliphatic heterocycles. The first-order valence-corrected chi connectivity index (χ1v) is 6.81. The lowest BCUT2D eigenvalue weighted by molar-refractivity contribution is -0.137. The number of amides is 2. The van der Waals surface area contributed by atoms with Crippen LogP contribution < -0.4 is 5.32 Å². The number of rotatable bonds is 6. The Morgan fingerprint density at radius 3 is 2.29 bits per heavy atom. The molecule has 0 aliphatic carbocycles. The smallest absolute Gasteiger partial charge is 0.321 e. The molecule has 2 amide bonds. The van der Waals surface area contributed by atoms with Gasteiger partial charge in [0.25, 0.3) is 0 Å². The molecule has 2 unspecified atom stereocenters. The zero-order valence-corrected chi connectivity index (χ0v) is 12.5. The fraction of sp³-hybridized carbons (Fsp3) is 0.467. The Morgan fingerprint density at radius 2 is 1.81 bits per heavy atom. The minimum absolute atomic E-state index is 0.0719. The lowest BCUT2D eigenvalue weighted by atomic mass is 9.98. The van der Waals surface area contributed by atoms with Crippen LogP contribution in [-0.4, -0.2) is 46.8 Å². The molecule has 0 heterocycles. The van der Waals surface area contributed by atoms with Gasteiger partial charge in [-0.3, -0.25) is 4.79 Å². The van der Waals surface area contributed by atoms with Crippen LogP contribution >= 0.6 is 0 Å². The molecule has 0 saturated carbocycles. The number of likely N-dealkylation sites (N-methyl/N-ethyl adjacent to an activating group) is 1. The highest BCUT2D eigenvalue weighted by atomic mass is 16.4. The second-order valence-corrected chi connectivity index (χ2v) is 5.19. The number of aliphatic hydroxyl groups is 1. The first kappa shape index (κ1) is 17.0. The third-order valence-electron chi connectivity index (χ3n) is 3.46. The number of nitrogens with zero attached hydrogens (tertiary/aromatic N) is 1. The molecule has 1 aromatic rings.